The molecule has 21 heavy (non-hydrogen) atoms. The Kier molecular flexibility index (Phi) is 4.13. The van der Waals surface area contributed by atoms with E-state index in [9.17, 15) is 0 Å². The van der Waals surface area contributed by atoms with Crippen LogP contribution >= 0.6 is 0 Å². The van der Waals surface area contributed by atoms with Crippen LogP contribution < -0.4 is 10.1 Å². The van der Waals surface area contributed by atoms with Crippen molar-refractivity contribution in [3.05, 3.63) is 42.0 Å². The van der Waals surface area contributed by atoms with Crippen LogP contribution in [0.15, 0.2) is 36.4 Å². The van der Waals surface area contributed by atoms with E-state index < -0.39 is 0 Å². The maximum atomic E-state index is 5.29. The summed E-state index contributed by atoms with van der Waals surface area (Å²) in [6, 6.07) is 14.1. The van der Waals surface area contributed by atoms with Gasteiger partial charge >= 0.3 is 0 Å². The van der Waals surface area contributed by atoms with Crippen LogP contribution in [0.25, 0.3) is 10.8 Å². The standard InChI is InChI=1S/C18H24N2O/c1-13(20-9-8-17(12-20)19-2)14-4-5-16-11-18(21-3)7-6-15(16)10-14/h4-7,10-11,13,17,19H,8-9,12H2,1-3H3. The third kappa shape index (κ3) is 2.89. The lowest BCUT2D eigenvalue weighted by Crippen LogP contribution is -2.31. The Morgan fingerprint density at radius 1 is 1.19 bits per heavy atom. The fourth-order valence-electron chi connectivity index (χ4n) is 3.21. The molecule has 0 aliphatic carbocycles. The summed E-state index contributed by atoms with van der Waals surface area (Å²) in [5.41, 5.74) is 1.39. The molecular weight excluding hydrogens is 260 g/mol. The van der Waals surface area contributed by atoms with Gasteiger partial charge < -0.3 is 10.1 Å². The number of likely N-dealkylation sites (N-methyl/N-ethyl adjacent to an activating group) is 1. The summed E-state index contributed by atoms with van der Waals surface area (Å²) in [4.78, 5) is 2.56. The van der Waals surface area contributed by atoms with Crippen molar-refractivity contribution in [3.63, 3.8) is 0 Å². The average molecular weight is 284 g/mol. The highest BCUT2D eigenvalue weighted by molar-refractivity contribution is 5.84. The van der Waals surface area contributed by atoms with Gasteiger partial charge in [0, 0.05) is 25.2 Å². The number of rotatable bonds is 4. The maximum Gasteiger partial charge on any atom is 0.119 e. The number of hydrogen-bond acceptors (Lipinski definition) is 3. The number of ether oxygens (including phenoxy) is 1. The number of benzene rings is 2. The number of hydrogen-bond donors (Lipinski definition) is 1. The minimum absolute atomic E-state index is 0.467. The van der Waals surface area contributed by atoms with E-state index in [0.29, 0.717) is 12.1 Å². The lowest BCUT2D eigenvalue weighted by Gasteiger charge is -2.25. The number of likely N-dealkylation sites (tertiary alicyclic amines) is 1. The van der Waals surface area contributed by atoms with Crippen molar-refractivity contribution in [3.8, 4) is 5.75 Å². The van der Waals surface area contributed by atoms with E-state index in [2.05, 4.69) is 54.5 Å². The second kappa shape index (κ2) is 6.04. The third-order valence-electron chi connectivity index (χ3n) is 4.73. The Morgan fingerprint density at radius 3 is 2.67 bits per heavy atom. The van der Waals surface area contributed by atoms with Gasteiger partial charge in [-0.2, -0.15) is 0 Å². The van der Waals surface area contributed by atoms with Gasteiger partial charge in [-0.25, -0.2) is 0 Å². The Morgan fingerprint density at radius 2 is 1.95 bits per heavy atom. The predicted molar refractivity (Wildman–Crippen MR) is 88.0 cm³/mol. The minimum Gasteiger partial charge on any atom is -0.497 e. The zero-order chi connectivity index (χ0) is 14.8. The summed E-state index contributed by atoms with van der Waals surface area (Å²) >= 11 is 0. The van der Waals surface area contributed by atoms with Gasteiger partial charge in [0.15, 0.2) is 0 Å². The molecular formula is C18H24N2O. The fourth-order valence-corrected chi connectivity index (χ4v) is 3.21. The van der Waals surface area contributed by atoms with E-state index >= 15 is 0 Å². The first kappa shape index (κ1) is 14.4. The lowest BCUT2D eigenvalue weighted by molar-refractivity contribution is 0.257. The van der Waals surface area contributed by atoms with E-state index in [1.165, 1.54) is 29.3 Å². The molecule has 0 saturated carbocycles. The van der Waals surface area contributed by atoms with Gasteiger partial charge in [0.2, 0.25) is 0 Å². The molecule has 3 heteroatoms. The number of fused-ring (bicyclic) bond motifs is 1. The second-order valence-corrected chi connectivity index (χ2v) is 5.92. The van der Waals surface area contributed by atoms with E-state index in [0.717, 1.165) is 12.3 Å². The molecule has 0 bridgehead atoms. The normalized spacial score (nSPS) is 20.8. The van der Waals surface area contributed by atoms with Gasteiger partial charge in [-0.1, -0.05) is 18.2 Å². The highest BCUT2D eigenvalue weighted by Crippen LogP contribution is 2.28. The van der Waals surface area contributed by atoms with Crippen molar-refractivity contribution in [1.82, 2.24) is 10.2 Å². The van der Waals surface area contributed by atoms with E-state index in [-0.39, 0.29) is 0 Å². The molecule has 1 heterocycles. The smallest absolute Gasteiger partial charge is 0.119 e. The molecule has 0 amide bonds. The topological polar surface area (TPSA) is 24.5 Å². The average Bonchev–Trinajstić information content (AvgIpc) is 3.02. The Hall–Kier alpha value is -1.58. The molecule has 1 aliphatic rings. The zero-order valence-electron chi connectivity index (χ0n) is 13.1. The van der Waals surface area contributed by atoms with Gasteiger partial charge in [0.05, 0.1) is 7.11 Å². The molecule has 1 N–H and O–H groups in total. The SMILES string of the molecule is CNC1CCN(C(C)c2ccc3cc(OC)ccc3c2)C1. The van der Waals surface area contributed by atoms with Crippen molar-refractivity contribution in [2.45, 2.75) is 25.4 Å². The molecule has 112 valence electrons. The van der Waals surface area contributed by atoms with E-state index in [1.807, 2.05) is 6.07 Å². The van der Waals surface area contributed by atoms with Crippen LogP contribution in [0, 0.1) is 0 Å². The molecule has 2 atom stereocenters. The first-order valence-electron chi connectivity index (χ1n) is 7.70. The first-order chi connectivity index (χ1) is 10.2. The van der Waals surface area contributed by atoms with Crippen molar-refractivity contribution in [2.75, 3.05) is 27.2 Å². The minimum atomic E-state index is 0.467. The number of nitrogens with zero attached hydrogens (tertiary/aromatic N) is 1. The molecule has 1 saturated heterocycles. The van der Waals surface area contributed by atoms with Crippen molar-refractivity contribution >= 4 is 10.8 Å². The molecule has 2 unspecified atom stereocenters. The van der Waals surface area contributed by atoms with Gasteiger partial charge in [-0.3, -0.25) is 4.90 Å². The molecule has 2 aromatic rings. The highest BCUT2D eigenvalue weighted by Gasteiger charge is 2.25. The molecule has 3 rings (SSSR count). The third-order valence-corrected chi connectivity index (χ3v) is 4.73. The summed E-state index contributed by atoms with van der Waals surface area (Å²) < 4.78 is 5.29. The summed E-state index contributed by atoms with van der Waals surface area (Å²) in [5, 5.41) is 5.90. The summed E-state index contributed by atoms with van der Waals surface area (Å²) in [5.74, 6) is 0.916. The number of methoxy groups -OCH3 is 1. The van der Waals surface area contributed by atoms with Crippen LogP contribution in [-0.2, 0) is 0 Å². The van der Waals surface area contributed by atoms with Crippen molar-refractivity contribution < 1.29 is 4.74 Å². The molecule has 0 radical (unpaired) electrons. The monoisotopic (exact) mass is 284 g/mol. The van der Waals surface area contributed by atoms with Gasteiger partial charge in [0.1, 0.15) is 5.75 Å². The van der Waals surface area contributed by atoms with Crippen molar-refractivity contribution in [2.24, 2.45) is 0 Å². The van der Waals surface area contributed by atoms with Crippen LogP contribution in [-0.4, -0.2) is 38.2 Å². The predicted octanol–water partition coefficient (Wildman–Crippen LogP) is 3.20. The highest BCUT2D eigenvalue weighted by atomic mass is 16.5. The lowest BCUT2D eigenvalue weighted by atomic mass is 10.0. The fraction of sp³-hybridized carbons (Fsp3) is 0.444. The summed E-state index contributed by atoms with van der Waals surface area (Å²) in [6.07, 6.45) is 1.24. The van der Waals surface area contributed by atoms with Crippen LogP contribution in [0.4, 0.5) is 0 Å². The molecule has 0 aromatic heterocycles. The van der Waals surface area contributed by atoms with Crippen LogP contribution in [0.5, 0.6) is 5.75 Å². The Balaban J connectivity index is 1.83. The first-order valence-corrected chi connectivity index (χ1v) is 7.70. The summed E-state index contributed by atoms with van der Waals surface area (Å²) in [6.45, 7) is 4.62. The van der Waals surface area contributed by atoms with Crippen LogP contribution in [0.3, 0.4) is 0 Å². The zero-order valence-corrected chi connectivity index (χ0v) is 13.1. The van der Waals surface area contributed by atoms with Crippen LogP contribution in [0.1, 0.15) is 24.9 Å². The molecule has 0 spiro atoms. The van der Waals surface area contributed by atoms with E-state index in [4.69, 9.17) is 4.74 Å². The molecule has 3 nitrogen and oxygen atoms in total. The Bertz CT molecular complexity index is 626. The van der Waals surface area contributed by atoms with E-state index in [1.54, 1.807) is 7.11 Å². The van der Waals surface area contributed by atoms with Crippen LogP contribution in [0.2, 0.25) is 0 Å². The van der Waals surface area contributed by atoms with Gasteiger partial charge in [-0.15, -0.1) is 0 Å². The summed E-state index contributed by atoms with van der Waals surface area (Å²) in [7, 11) is 3.77. The second-order valence-electron chi connectivity index (χ2n) is 5.92. The maximum absolute atomic E-state index is 5.29. The molecule has 1 fully saturated rings. The molecule has 1 aliphatic heterocycles. The van der Waals surface area contributed by atoms with Gasteiger partial charge in [-0.05, 0) is 54.9 Å². The molecule has 2 aromatic carbocycles. The van der Waals surface area contributed by atoms with Crippen molar-refractivity contribution in [1.29, 1.82) is 0 Å². The number of nitrogens with one attached hydrogen (secondary N) is 1. The quantitative estimate of drug-likeness (QED) is 0.933. The van der Waals surface area contributed by atoms with Gasteiger partial charge in [0.25, 0.3) is 0 Å². The largest absolute Gasteiger partial charge is 0.497 e. The Labute approximate surface area is 126 Å².